The Morgan fingerprint density at radius 2 is 1.85 bits per heavy atom. The first-order chi connectivity index (χ1) is 9.41. The van der Waals surface area contributed by atoms with Crippen LogP contribution in [0.1, 0.15) is 38.5 Å². The molecule has 2 saturated heterocycles. The molecule has 3 aliphatic rings. The minimum Gasteiger partial charge on any atom is -0.342 e. The summed E-state index contributed by atoms with van der Waals surface area (Å²) < 4.78 is 24.9. The lowest BCUT2D eigenvalue weighted by atomic mass is 9.79. The number of nitrogens with zero attached hydrogens (tertiary/aromatic N) is 2. The van der Waals surface area contributed by atoms with Gasteiger partial charge in [-0.2, -0.15) is 0 Å². The van der Waals surface area contributed by atoms with E-state index in [1.54, 1.807) is 4.31 Å². The number of sulfonamides is 1. The molecular formula is C14H24N2O3S. The first-order valence-corrected chi connectivity index (χ1v) is 9.50. The molecule has 5 nitrogen and oxygen atoms in total. The van der Waals surface area contributed by atoms with Gasteiger partial charge in [-0.05, 0) is 44.4 Å². The van der Waals surface area contributed by atoms with Crippen LogP contribution in [0.3, 0.4) is 0 Å². The summed E-state index contributed by atoms with van der Waals surface area (Å²) in [6.07, 6.45) is 7.05. The van der Waals surface area contributed by atoms with Crippen molar-refractivity contribution in [3.8, 4) is 0 Å². The fraction of sp³-hybridized carbons (Fsp3) is 0.929. The molecule has 1 spiro atoms. The summed E-state index contributed by atoms with van der Waals surface area (Å²) in [4.78, 5) is 14.7. The second-order valence-corrected chi connectivity index (χ2v) is 8.72. The van der Waals surface area contributed by atoms with Gasteiger partial charge in [-0.15, -0.1) is 0 Å². The molecule has 0 radical (unpaired) electrons. The Labute approximate surface area is 121 Å². The maximum atomic E-state index is 12.7. The van der Waals surface area contributed by atoms with Gasteiger partial charge in [0.25, 0.3) is 0 Å². The molecule has 0 unspecified atom stereocenters. The van der Waals surface area contributed by atoms with Gasteiger partial charge in [-0.25, -0.2) is 12.7 Å². The molecule has 1 aliphatic carbocycles. The summed E-state index contributed by atoms with van der Waals surface area (Å²) in [5.74, 6) is 1.02. The Morgan fingerprint density at radius 1 is 1.15 bits per heavy atom. The first kappa shape index (κ1) is 14.3. The van der Waals surface area contributed by atoms with Gasteiger partial charge in [0.1, 0.15) is 0 Å². The maximum Gasteiger partial charge on any atom is 0.228 e. The molecule has 2 heterocycles. The molecule has 3 rings (SSSR count). The van der Waals surface area contributed by atoms with E-state index in [1.807, 2.05) is 4.90 Å². The van der Waals surface area contributed by atoms with Gasteiger partial charge in [0, 0.05) is 26.2 Å². The third-order valence-electron chi connectivity index (χ3n) is 5.15. The van der Waals surface area contributed by atoms with Gasteiger partial charge in [-0.1, -0.05) is 0 Å². The van der Waals surface area contributed by atoms with Crippen LogP contribution >= 0.6 is 0 Å². The number of rotatable bonds is 3. The molecule has 3 fully saturated rings. The Bertz CT molecular complexity index is 501. The zero-order chi connectivity index (χ0) is 14.4. The van der Waals surface area contributed by atoms with Gasteiger partial charge in [0.15, 0.2) is 0 Å². The van der Waals surface area contributed by atoms with Crippen LogP contribution in [0.2, 0.25) is 0 Å². The Hall–Kier alpha value is -0.620. The van der Waals surface area contributed by atoms with Crippen LogP contribution in [-0.2, 0) is 14.8 Å². The van der Waals surface area contributed by atoms with Gasteiger partial charge in [-0.3, -0.25) is 4.79 Å². The number of carbonyl (C=O) groups is 1. The highest BCUT2D eigenvalue weighted by molar-refractivity contribution is 7.88. The second-order valence-electron chi connectivity index (χ2n) is 6.74. The fourth-order valence-corrected chi connectivity index (χ4v) is 4.53. The Kier molecular flexibility index (Phi) is 3.57. The van der Waals surface area contributed by atoms with Gasteiger partial charge in [0.05, 0.1) is 11.7 Å². The highest BCUT2D eigenvalue weighted by Gasteiger charge is 2.48. The highest BCUT2D eigenvalue weighted by atomic mass is 32.2. The zero-order valence-corrected chi connectivity index (χ0v) is 13.0. The van der Waals surface area contributed by atoms with Gasteiger partial charge < -0.3 is 4.90 Å². The van der Waals surface area contributed by atoms with Crippen LogP contribution < -0.4 is 0 Å². The SMILES string of the molecule is CS(=O)(=O)N1CCC[C@@]2(CCN(CC3CC3)C2=O)CC1. The predicted molar refractivity (Wildman–Crippen MR) is 76.6 cm³/mol. The van der Waals surface area contributed by atoms with Crippen molar-refractivity contribution in [1.82, 2.24) is 9.21 Å². The molecule has 6 heteroatoms. The highest BCUT2D eigenvalue weighted by Crippen LogP contribution is 2.43. The molecule has 2 aliphatic heterocycles. The minimum absolute atomic E-state index is 0.270. The quantitative estimate of drug-likeness (QED) is 0.783. The molecule has 0 aromatic rings. The van der Waals surface area contributed by atoms with Crippen molar-refractivity contribution >= 4 is 15.9 Å². The number of hydrogen-bond acceptors (Lipinski definition) is 3. The van der Waals surface area contributed by atoms with Crippen molar-refractivity contribution in [2.75, 3.05) is 32.4 Å². The van der Waals surface area contributed by atoms with Crippen LogP contribution in [-0.4, -0.2) is 56.0 Å². The number of carbonyl (C=O) groups excluding carboxylic acids is 1. The standard InChI is InChI=1S/C14H24N2O3S/c1-20(18,19)16-8-2-5-14(7-10-16)6-9-15(13(14)17)11-12-3-4-12/h12H,2-11H2,1H3/t14-/m1/s1. The lowest BCUT2D eigenvalue weighted by Gasteiger charge is -2.26. The lowest BCUT2D eigenvalue weighted by molar-refractivity contribution is -0.136. The molecule has 0 aromatic heterocycles. The Balaban J connectivity index is 1.68. The van der Waals surface area contributed by atoms with Gasteiger partial charge >= 0.3 is 0 Å². The third-order valence-corrected chi connectivity index (χ3v) is 6.45. The van der Waals surface area contributed by atoms with Crippen molar-refractivity contribution in [2.24, 2.45) is 11.3 Å². The van der Waals surface area contributed by atoms with Crippen LogP contribution in [0.4, 0.5) is 0 Å². The number of amides is 1. The Morgan fingerprint density at radius 3 is 2.50 bits per heavy atom. The summed E-state index contributed by atoms with van der Waals surface area (Å²) in [7, 11) is -3.13. The molecule has 0 bridgehead atoms. The smallest absolute Gasteiger partial charge is 0.228 e. The van der Waals surface area contributed by atoms with E-state index < -0.39 is 10.0 Å². The van der Waals surface area contributed by atoms with E-state index in [4.69, 9.17) is 0 Å². The number of hydrogen-bond donors (Lipinski definition) is 0. The molecule has 1 amide bonds. The molecule has 114 valence electrons. The molecule has 1 atom stereocenters. The van der Waals surface area contributed by atoms with Crippen LogP contribution in [0.5, 0.6) is 0 Å². The van der Waals surface area contributed by atoms with E-state index >= 15 is 0 Å². The van der Waals surface area contributed by atoms with Crippen molar-refractivity contribution in [3.63, 3.8) is 0 Å². The van der Waals surface area contributed by atoms with Crippen LogP contribution in [0.15, 0.2) is 0 Å². The maximum absolute atomic E-state index is 12.7. The molecule has 20 heavy (non-hydrogen) atoms. The normalized spacial score (nSPS) is 32.9. The van der Waals surface area contributed by atoms with E-state index in [9.17, 15) is 13.2 Å². The lowest BCUT2D eigenvalue weighted by Crippen LogP contribution is -2.37. The average molecular weight is 300 g/mol. The molecular weight excluding hydrogens is 276 g/mol. The fourth-order valence-electron chi connectivity index (χ4n) is 3.64. The topological polar surface area (TPSA) is 57.7 Å². The largest absolute Gasteiger partial charge is 0.342 e. The van der Waals surface area contributed by atoms with Crippen molar-refractivity contribution in [2.45, 2.75) is 38.5 Å². The third kappa shape index (κ3) is 2.72. The molecule has 0 N–H and O–H groups in total. The van der Waals surface area contributed by atoms with Crippen molar-refractivity contribution in [3.05, 3.63) is 0 Å². The summed E-state index contributed by atoms with van der Waals surface area (Å²) in [5, 5.41) is 0. The molecule has 1 saturated carbocycles. The minimum atomic E-state index is -3.13. The van der Waals surface area contributed by atoms with Crippen molar-refractivity contribution < 1.29 is 13.2 Å². The van der Waals surface area contributed by atoms with Crippen LogP contribution in [0.25, 0.3) is 0 Å². The summed E-state index contributed by atoms with van der Waals surface area (Å²) >= 11 is 0. The zero-order valence-electron chi connectivity index (χ0n) is 12.2. The van der Waals surface area contributed by atoms with Crippen molar-refractivity contribution in [1.29, 1.82) is 0 Å². The monoisotopic (exact) mass is 300 g/mol. The number of likely N-dealkylation sites (tertiary alicyclic amines) is 1. The van der Waals surface area contributed by atoms with Crippen LogP contribution in [0, 0.1) is 11.3 Å². The summed E-state index contributed by atoms with van der Waals surface area (Å²) in [6, 6.07) is 0. The van der Waals surface area contributed by atoms with E-state index in [0.29, 0.717) is 25.4 Å². The van der Waals surface area contributed by atoms with E-state index in [-0.39, 0.29) is 5.41 Å². The second kappa shape index (κ2) is 4.98. The van der Waals surface area contributed by atoms with E-state index in [2.05, 4.69) is 0 Å². The predicted octanol–water partition coefficient (Wildman–Crippen LogP) is 1.06. The molecule has 0 aromatic carbocycles. The average Bonchev–Trinajstić information content (AvgIpc) is 3.15. The van der Waals surface area contributed by atoms with E-state index in [1.165, 1.54) is 19.1 Å². The summed E-state index contributed by atoms with van der Waals surface area (Å²) in [6.45, 7) is 2.86. The van der Waals surface area contributed by atoms with Gasteiger partial charge in [0.2, 0.25) is 15.9 Å². The van der Waals surface area contributed by atoms with E-state index in [0.717, 1.165) is 38.3 Å². The summed E-state index contributed by atoms with van der Waals surface area (Å²) in [5.41, 5.74) is -0.270. The first-order valence-electron chi connectivity index (χ1n) is 7.65.